The molecule has 2 aliphatic rings. The number of imide groups is 1. The number of nitrogens with one attached hydrogen (secondary N) is 2. The minimum atomic E-state index is -0.877. The lowest BCUT2D eigenvalue weighted by Crippen LogP contribution is -2.48. The third kappa shape index (κ3) is 4.32. The summed E-state index contributed by atoms with van der Waals surface area (Å²) in [6.07, 6.45) is 3.93. The summed E-state index contributed by atoms with van der Waals surface area (Å²) in [5.41, 5.74) is 0.0530. The van der Waals surface area contributed by atoms with Crippen LogP contribution in [0.3, 0.4) is 0 Å². The molecule has 0 aromatic heterocycles. The Hall–Kier alpha value is -2.90. The van der Waals surface area contributed by atoms with Crippen LogP contribution in [0.2, 0.25) is 0 Å². The van der Waals surface area contributed by atoms with E-state index in [1.165, 1.54) is 0 Å². The summed E-state index contributed by atoms with van der Waals surface area (Å²) in [6, 6.07) is 8.58. The summed E-state index contributed by atoms with van der Waals surface area (Å²) >= 11 is 0. The predicted octanol–water partition coefficient (Wildman–Crippen LogP) is 1.66. The first-order chi connectivity index (χ1) is 13.4. The lowest BCUT2D eigenvalue weighted by Gasteiger charge is -2.30. The molecule has 8 heteroatoms. The minimum absolute atomic E-state index is 0.232. The van der Waals surface area contributed by atoms with E-state index in [-0.39, 0.29) is 11.9 Å². The molecule has 4 amide bonds. The van der Waals surface area contributed by atoms with Crippen LogP contribution in [0, 0.1) is 0 Å². The number of ether oxygens (including phenoxy) is 1. The summed E-state index contributed by atoms with van der Waals surface area (Å²) in [6.45, 7) is 0.866. The van der Waals surface area contributed by atoms with Gasteiger partial charge in [0, 0.05) is 0 Å². The van der Waals surface area contributed by atoms with Crippen LogP contribution < -0.4 is 10.6 Å². The standard InChI is InChI=1S/C20H25N3O5/c1-14(15-8-4-2-5-9-15)21-16(24)13-28-17(25)12-23-18(26)20(22-19(23)27)10-6-3-7-11-20/h2,4-5,8-9,14H,3,6-7,10-13H2,1H3,(H,21,24)(H,22,27). The largest absolute Gasteiger partial charge is 0.454 e. The fourth-order valence-electron chi connectivity index (χ4n) is 3.74. The van der Waals surface area contributed by atoms with Gasteiger partial charge in [-0.2, -0.15) is 0 Å². The quantitative estimate of drug-likeness (QED) is 0.571. The number of urea groups is 1. The monoisotopic (exact) mass is 387 g/mol. The summed E-state index contributed by atoms with van der Waals surface area (Å²) in [4.78, 5) is 49.7. The molecule has 1 aliphatic heterocycles. The first-order valence-corrected chi connectivity index (χ1v) is 9.55. The lowest BCUT2D eigenvalue weighted by atomic mass is 9.82. The summed E-state index contributed by atoms with van der Waals surface area (Å²) in [5, 5.41) is 5.47. The highest BCUT2D eigenvalue weighted by Gasteiger charge is 2.51. The Balaban J connectivity index is 1.47. The van der Waals surface area contributed by atoms with Crippen molar-refractivity contribution < 1.29 is 23.9 Å². The van der Waals surface area contributed by atoms with Gasteiger partial charge in [-0.05, 0) is 25.3 Å². The topological polar surface area (TPSA) is 105 Å². The molecular weight excluding hydrogens is 362 g/mol. The second kappa shape index (κ2) is 8.41. The SMILES string of the molecule is CC(NC(=O)COC(=O)CN1C(=O)NC2(CCCCC2)C1=O)c1ccccc1. The van der Waals surface area contributed by atoms with Crippen LogP contribution in [0.15, 0.2) is 30.3 Å². The molecule has 1 aromatic carbocycles. The van der Waals surface area contributed by atoms with E-state index in [0.29, 0.717) is 12.8 Å². The summed E-state index contributed by atoms with van der Waals surface area (Å²) in [5.74, 6) is -1.62. The van der Waals surface area contributed by atoms with Crippen LogP contribution >= 0.6 is 0 Å². The molecule has 1 unspecified atom stereocenters. The van der Waals surface area contributed by atoms with Gasteiger partial charge in [0.15, 0.2) is 6.61 Å². The van der Waals surface area contributed by atoms with Gasteiger partial charge in [-0.15, -0.1) is 0 Å². The van der Waals surface area contributed by atoms with Crippen molar-refractivity contribution in [3.05, 3.63) is 35.9 Å². The molecule has 2 fully saturated rings. The molecule has 2 N–H and O–H groups in total. The van der Waals surface area contributed by atoms with Gasteiger partial charge < -0.3 is 15.4 Å². The summed E-state index contributed by atoms with van der Waals surface area (Å²) < 4.78 is 4.95. The van der Waals surface area contributed by atoms with Crippen molar-refractivity contribution in [2.75, 3.05) is 13.2 Å². The Morgan fingerprint density at radius 2 is 1.86 bits per heavy atom. The lowest BCUT2D eigenvalue weighted by molar-refractivity contribution is -0.151. The Labute approximate surface area is 163 Å². The van der Waals surface area contributed by atoms with Crippen LogP contribution in [0.4, 0.5) is 4.79 Å². The van der Waals surface area contributed by atoms with Gasteiger partial charge >= 0.3 is 12.0 Å². The molecule has 3 rings (SSSR count). The fraction of sp³-hybridized carbons (Fsp3) is 0.500. The van der Waals surface area contributed by atoms with Gasteiger partial charge in [-0.1, -0.05) is 49.6 Å². The maximum Gasteiger partial charge on any atom is 0.326 e. The number of nitrogens with zero attached hydrogens (tertiary/aromatic N) is 1. The van der Waals surface area contributed by atoms with Gasteiger partial charge in [0.25, 0.3) is 11.8 Å². The molecule has 1 saturated heterocycles. The molecule has 0 bridgehead atoms. The maximum absolute atomic E-state index is 12.6. The number of esters is 1. The number of benzene rings is 1. The first kappa shape index (κ1) is 19.9. The van der Waals surface area contributed by atoms with Gasteiger partial charge in [0.2, 0.25) is 0 Å². The van der Waals surface area contributed by atoms with Gasteiger partial charge in [-0.25, -0.2) is 4.79 Å². The van der Waals surface area contributed by atoms with E-state index in [2.05, 4.69) is 10.6 Å². The fourth-order valence-corrected chi connectivity index (χ4v) is 3.74. The molecule has 8 nitrogen and oxygen atoms in total. The normalized spacial score (nSPS) is 19.2. The van der Waals surface area contributed by atoms with Crippen LogP contribution in [0.25, 0.3) is 0 Å². The third-order valence-electron chi connectivity index (χ3n) is 5.28. The first-order valence-electron chi connectivity index (χ1n) is 9.55. The van der Waals surface area contributed by atoms with Crippen molar-refractivity contribution >= 4 is 23.8 Å². The second-order valence-corrected chi connectivity index (χ2v) is 7.32. The van der Waals surface area contributed by atoms with Gasteiger partial charge in [-0.3, -0.25) is 19.3 Å². The Morgan fingerprint density at radius 1 is 1.18 bits per heavy atom. The van der Waals surface area contributed by atoms with Crippen molar-refractivity contribution in [2.45, 2.75) is 50.6 Å². The highest BCUT2D eigenvalue weighted by Crippen LogP contribution is 2.33. The van der Waals surface area contributed by atoms with Crippen LogP contribution in [0.5, 0.6) is 0 Å². The predicted molar refractivity (Wildman–Crippen MR) is 100 cm³/mol. The Bertz CT molecular complexity index is 758. The van der Waals surface area contributed by atoms with Crippen molar-refractivity contribution in [1.29, 1.82) is 0 Å². The number of carbonyl (C=O) groups is 4. The van der Waals surface area contributed by atoms with Crippen molar-refractivity contribution in [2.24, 2.45) is 0 Å². The number of rotatable bonds is 6. The van der Waals surface area contributed by atoms with E-state index in [1.54, 1.807) is 0 Å². The van der Waals surface area contributed by atoms with Crippen LogP contribution in [0.1, 0.15) is 50.6 Å². The molecule has 1 atom stereocenters. The molecule has 1 spiro atoms. The number of carbonyl (C=O) groups excluding carboxylic acids is 4. The zero-order valence-electron chi connectivity index (χ0n) is 15.9. The Morgan fingerprint density at radius 3 is 2.54 bits per heavy atom. The average molecular weight is 387 g/mol. The van der Waals surface area contributed by atoms with Crippen molar-refractivity contribution in [1.82, 2.24) is 15.5 Å². The molecular formula is C20H25N3O5. The molecule has 0 radical (unpaired) electrons. The van der Waals surface area contributed by atoms with E-state index in [0.717, 1.165) is 29.7 Å². The van der Waals surface area contributed by atoms with Crippen LogP contribution in [-0.2, 0) is 19.1 Å². The zero-order chi connectivity index (χ0) is 20.1. The molecule has 1 saturated carbocycles. The summed E-state index contributed by atoms with van der Waals surface area (Å²) in [7, 11) is 0. The average Bonchev–Trinajstić information content (AvgIpc) is 2.91. The van der Waals surface area contributed by atoms with E-state index >= 15 is 0 Å². The van der Waals surface area contributed by atoms with E-state index in [9.17, 15) is 19.2 Å². The van der Waals surface area contributed by atoms with E-state index < -0.39 is 36.6 Å². The number of hydrogen-bond donors (Lipinski definition) is 2. The van der Waals surface area contributed by atoms with E-state index in [4.69, 9.17) is 4.74 Å². The smallest absolute Gasteiger partial charge is 0.326 e. The molecule has 1 heterocycles. The van der Waals surface area contributed by atoms with E-state index in [1.807, 2.05) is 37.3 Å². The third-order valence-corrected chi connectivity index (χ3v) is 5.28. The molecule has 1 aromatic rings. The minimum Gasteiger partial charge on any atom is -0.454 e. The molecule has 150 valence electrons. The molecule has 28 heavy (non-hydrogen) atoms. The number of amides is 4. The van der Waals surface area contributed by atoms with Gasteiger partial charge in [0.1, 0.15) is 12.1 Å². The maximum atomic E-state index is 12.6. The van der Waals surface area contributed by atoms with Gasteiger partial charge in [0.05, 0.1) is 6.04 Å². The van der Waals surface area contributed by atoms with Crippen molar-refractivity contribution in [3.63, 3.8) is 0 Å². The second-order valence-electron chi connectivity index (χ2n) is 7.32. The molecule has 1 aliphatic carbocycles. The zero-order valence-corrected chi connectivity index (χ0v) is 15.9. The highest BCUT2D eigenvalue weighted by atomic mass is 16.5. The van der Waals surface area contributed by atoms with Crippen molar-refractivity contribution in [3.8, 4) is 0 Å². The Kier molecular flexibility index (Phi) is 5.96. The highest BCUT2D eigenvalue weighted by molar-refractivity contribution is 6.08. The number of hydrogen-bond acceptors (Lipinski definition) is 5. The van der Waals surface area contributed by atoms with Crippen LogP contribution in [-0.4, -0.2) is 47.4 Å².